The summed E-state index contributed by atoms with van der Waals surface area (Å²) in [6, 6.07) is 7.11. The first-order chi connectivity index (χ1) is 7.16. The number of aliphatic hydroxyl groups excluding tert-OH is 1. The second-order valence-electron chi connectivity index (χ2n) is 4.55. The van der Waals surface area contributed by atoms with Gasteiger partial charge in [-0.1, -0.05) is 23.8 Å². The van der Waals surface area contributed by atoms with Gasteiger partial charge in [0.1, 0.15) is 0 Å². The van der Waals surface area contributed by atoms with Crippen LogP contribution in [-0.4, -0.2) is 17.8 Å². The maximum absolute atomic E-state index is 9.25. The molecule has 0 bridgehead atoms. The number of hydrogen-bond donors (Lipinski definition) is 2. The predicted molar refractivity (Wildman–Crippen MR) is 61.9 cm³/mol. The van der Waals surface area contributed by atoms with E-state index in [0.717, 1.165) is 12.8 Å². The molecule has 0 fully saturated rings. The van der Waals surface area contributed by atoms with Gasteiger partial charge in [0.15, 0.2) is 0 Å². The van der Waals surface area contributed by atoms with Crippen molar-refractivity contribution in [3.05, 3.63) is 34.9 Å². The standard InChI is InChI=1S/C13H19NO/c1-9-3-4-11-5-6-13(12(11)7-9)14-8-10(2)15/h3-4,7,10,13-15H,5-6,8H2,1-2H3/t10-,13+/m1/s1. The number of benzene rings is 1. The molecule has 0 aromatic heterocycles. The lowest BCUT2D eigenvalue weighted by atomic mass is 10.1. The van der Waals surface area contributed by atoms with Crippen molar-refractivity contribution in [1.29, 1.82) is 0 Å². The van der Waals surface area contributed by atoms with E-state index in [0.29, 0.717) is 12.6 Å². The van der Waals surface area contributed by atoms with Gasteiger partial charge in [0.05, 0.1) is 6.10 Å². The summed E-state index contributed by atoms with van der Waals surface area (Å²) >= 11 is 0. The van der Waals surface area contributed by atoms with Gasteiger partial charge in [-0.3, -0.25) is 0 Å². The average Bonchev–Trinajstić information content (AvgIpc) is 2.57. The van der Waals surface area contributed by atoms with Crippen molar-refractivity contribution in [3.63, 3.8) is 0 Å². The fourth-order valence-corrected chi connectivity index (χ4v) is 2.25. The van der Waals surface area contributed by atoms with Crippen molar-refractivity contribution in [1.82, 2.24) is 5.32 Å². The summed E-state index contributed by atoms with van der Waals surface area (Å²) in [5.74, 6) is 0. The summed E-state index contributed by atoms with van der Waals surface area (Å²) in [5, 5.41) is 12.7. The number of aliphatic hydroxyl groups is 1. The van der Waals surface area contributed by atoms with E-state index < -0.39 is 0 Å². The lowest BCUT2D eigenvalue weighted by Crippen LogP contribution is -2.27. The molecule has 1 aromatic carbocycles. The van der Waals surface area contributed by atoms with E-state index in [2.05, 4.69) is 30.4 Å². The molecule has 0 saturated heterocycles. The zero-order chi connectivity index (χ0) is 10.8. The second kappa shape index (κ2) is 4.33. The SMILES string of the molecule is Cc1ccc2c(c1)[C@@H](NC[C@@H](C)O)CC2. The molecule has 1 aromatic rings. The minimum Gasteiger partial charge on any atom is -0.392 e. The van der Waals surface area contributed by atoms with Crippen molar-refractivity contribution in [2.75, 3.05) is 6.54 Å². The van der Waals surface area contributed by atoms with E-state index in [1.54, 1.807) is 0 Å². The van der Waals surface area contributed by atoms with Gasteiger partial charge < -0.3 is 10.4 Å². The van der Waals surface area contributed by atoms with Gasteiger partial charge in [-0.05, 0) is 37.8 Å². The Labute approximate surface area is 91.3 Å². The number of hydrogen-bond acceptors (Lipinski definition) is 2. The van der Waals surface area contributed by atoms with E-state index >= 15 is 0 Å². The first-order valence-corrected chi connectivity index (χ1v) is 5.67. The van der Waals surface area contributed by atoms with Crippen LogP contribution in [0.3, 0.4) is 0 Å². The Hall–Kier alpha value is -0.860. The third-order valence-corrected chi connectivity index (χ3v) is 3.04. The molecule has 2 rings (SSSR count). The zero-order valence-electron chi connectivity index (χ0n) is 9.46. The van der Waals surface area contributed by atoms with E-state index in [-0.39, 0.29) is 6.10 Å². The van der Waals surface area contributed by atoms with Gasteiger partial charge in [0.2, 0.25) is 0 Å². The van der Waals surface area contributed by atoms with Gasteiger partial charge in [-0.15, -0.1) is 0 Å². The molecule has 0 spiro atoms. The first-order valence-electron chi connectivity index (χ1n) is 5.67. The Morgan fingerprint density at radius 3 is 3.07 bits per heavy atom. The van der Waals surface area contributed by atoms with Crippen LogP contribution < -0.4 is 5.32 Å². The molecule has 0 saturated carbocycles. The van der Waals surface area contributed by atoms with Gasteiger partial charge in [-0.2, -0.15) is 0 Å². The molecule has 1 aliphatic carbocycles. The zero-order valence-corrected chi connectivity index (χ0v) is 9.46. The molecule has 2 heteroatoms. The van der Waals surface area contributed by atoms with Crippen LogP contribution in [0.4, 0.5) is 0 Å². The lowest BCUT2D eigenvalue weighted by molar-refractivity contribution is 0.186. The minimum absolute atomic E-state index is 0.265. The van der Waals surface area contributed by atoms with Crippen LogP contribution in [-0.2, 0) is 6.42 Å². The monoisotopic (exact) mass is 205 g/mol. The van der Waals surface area contributed by atoms with Gasteiger partial charge in [0, 0.05) is 12.6 Å². The summed E-state index contributed by atoms with van der Waals surface area (Å²) in [5.41, 5.74) is 4.21. The molecule has 2 N–H and O–H groups in total. The maximum atomic E-state index is 9.25. The molecule has 2 atom stereocenters. The molecule has 0 aliphatic heterocycles. The highest BCUT2D eigenvalue weighted by Crippen LogP contribution is 2.31. The topological polar surface area (TPSA) is 32.3 Å². The molecule has 82 valence electrons. The Bertz CT molecular complexity index is 346. The maximum Gasteiger partial charge on any atom is 0.0636 e. The van der Waals surface area contributed by atoms with Crippen molar-refractivity contribution in [2.45, 2.75) is 38.8 Å². The highest BCUT2D eigenvalue weighted by molar-refractivity contribution is 5.37. The van der Waals surface area contributed by atoms with Crippen molar-refractivity contribution in [2.24, 2.45) is 0 Å². The molecular formula is C13H19NO. The number of aryl methyl sites for hydroxylation is 2. The molecule has 2 nitrogen and oxygen atoms in total. The van der Waals surface area contributed by atoms with E-state index in [4.69, 9.17) is 0 Å². The summed E-state index contributed by atoms with van der Waals surface area (Å²) < 4.78 is 0. The van der Waals surface area contributed by atoms with Crippen LogP contribution in [0, 0.1) is 6.92 Å². The molecule has 1 aliphatic rings. The van der Waals surface area contributed by atoms with E-state index in [9.17, 15) is 5.11 Å². The van der Waals surface area contributed by atoms with E-state index in [1.165, 1.54) is 16.7 Å². The number of nitrogens with one attached hydrogen (secondary N) is 1. The fraction of sp³-hybridized carbons (Fsp3) is 0.538. The Morgan fingerprint density at radius 2 is 2.33 bits per heavy atom. The molecular weight excluding hydrogens is 186 g/mol. The molecule has 15 heavy (non-hydrogen) atoms. The Kier molecular flexibility index (Phi) is 3.08. The molecule has 0 radical (unpaired) electrons. The summed E-state index contributed by atoms with van der Waals surface area (Å²) in [7, 11) is 0. The van der Waals surface area contributed by atoms with Crippen molar-refractivity contribution in [3.8, 4) is 0 Å². The quantitative estimate of drug-likeness (QED) is 0.790. The fourth-order valence-electron chi connectivity index (χ4n) is 2.25. The molecule has 0 amide bonds. The Morgan fingerprint density at radius 1 is 1.53 bits per heavy atom. The third-order valence-electron chi connectivity index (χ3n) is 3.04. The van der Waals surface area contributed by atoms with Crippen LogP contribution in [0.1, 0.15) is 36.1 Å². The van der Waals surface area contributed by atoms with Crippen LogP contribution in [0.5, 0.6) is 0 Å². The smallest absolute Gasteiger partial charge is 0.0636 e. The van der Waals surface area contributed by atoms with Crippen molar-refractivity contribution < 1.29 is 5.11 Å². The van der Waals surface area contributed by atoms with Gasteiger partial charge >= 0.3 is 0 Å². The lowest BCUT2D eigenvalue weighted by Gasteiger charge is -2.15. The highest BCUT2D eigenvalue weighted by Gasteiger charge is 2.21. The van der Waals surface area contributed by atoms with Gasteiger partial charge in [-0.25, -0.2) is 0 Å². The van der Waals surface area contributed by atoms with Crippen molar-refractivity contribution >= 4 is 0 Å². The van der Waals surface area contributed by atoms with Crippen LogP contribution in [0.15, 0.2) is 18.2 Å². The normalized spacial score (nSPS) is 21.4. The van der Waals surface area contributed by atoms with E-state index in [1.807, 2.05) is 6.92 Å². The second-order valence-corrected chi connectivity index (χ2v) is 4.55. The molecule has 0 heterocycles. The first kappa shape index (κ1) is 10.7. The van der Waals surface area contributed by atoms with Crippen LogP contribution >= 0.6 is 0 Å². The highest BCUT2D eigenvalue weighted by atomic mass is 16.3. The predicted octanol–water partition coefficient (Wildman–Crippen LogP) is 1.95. The minimum atomic E-state index is -0.265. The third kappa shape index (κ3) is 2.39. The summed E-state index contributed by atoms with van der Waals surface area (Å²) in [4.78, 5) is 0. The summed E-state index contributed by atoms with van der Waals surface area (Å²) in [6.45, 7) is 4.63. The van der Waals surface area contributed by atoms with Crippen LogP contribution in [0.2, 0.25) is 0 Å². The molecule has 0 unspecified atom stereocenters. The largest absolute Gasteiger partial charge is 0.392 e. The van der Waals surface area contributed by atoms with Crippen LogP contribution in [0.25, 0.3) is 0 Å². The Balaban J connectivity index is 2.10. The van der Waals surface area contributed by atoms with Gasteiger partial charge in [0.25, 0.3) is 0 Å². The number of fused-ring (bicyclic) bond motifs is 1. The number of rotatable bonds is 3. The summed E-state index contributed by atoms with van der Waals surface area (Å²) in [6.07, 6.45) is 2.05. The average molecular weight is 205 g/mol.